The van der Waals surface area contributed by atoms with Crippen molar-refractivity contribution < 1.29 is 207 Å². The summed E-state index contributed by atoms with van der Waals surface area (Å²) in [7, 11) is 0. The van der Waals surface area contributed by atoms with Gasteiger partial charge in [-0.2, -0.15) is 0 Å². The van der Waals surface area contributed by atoms with E-state index in [1.165, 1.54) is 27.7 Å². The number of rotatable bonds is 24. The topological polar surface area (TPSA) is 689 Å². The molecular formula is C60H101N3O42. The van der Waals surface area contributed by atoms with E-state index in [9.17, 15) is 127 Å². The molecule has 9 heterocycles. The van der Waals surface area contributed by atoms with Crippen LogP contribution in [0.3, 0.4) is 0 Å². The molecule has 0 aromatic heterocycles. The summed E-state index contributed by atoms with van der Waals surface area (Å²) in [5, 5.41) is 251. The highest BCUT2D eigenvalue weighted by molar-refractivity contribution is 5.74. The molecule has 3 amide bonds. The van der Waals surface area contributed by atoms with Gasteiger partial charge in [-0.05, 0) is 27.7 Å². The summed E-state index contributed by atoms with van der Waals surface area (Å²) in [4.78, 5) is 40.1. The van der Waals surface area contributed by atoms with Gasteiger partial charge in [-0.1, -0.05) is 0 Å². The van der Waals surface area contributed by atoms with Crippen molar-refractivity contribution in [1.82, 2.24) is 16.0 Å². The van der Waals surface area contributed by atoms with E-state index < -0.39 is 327 Å². The molecule has 0 radical (unpaired) electrons. The van der Waals surface area contributed by atoms with Crippen molar-refractivity contribution >= 4 is 17.7 Å². The summed E-state index contributed by atoms with van der Waals surface area (Å²) in [5.41, 5.74) is 0. The Kier molecular flexibility index (Phi) is 29.9. The lowest BCUT2D eigenvalue weighted by Crippen LogP contribution is -2.72. The van der Waals surface area contributed by atoms with Crippen LogP contribution >= 0.6 is 0 Å². The number of ether oxygens (including phenoxy) is 17. The molecule has 0 saturated carbocycles. The molecule has 0 bridgehead atoms. The molecule has 0 aromatic rings. The molecule has 0 unspecified atom stereocenters. The lowest BCUT2D eigenvalue weighted by molar-refractivity contribution is -0.396. The SMILES string of the molecule is CC(=O)N[C@@H]1[C@@H](O[C@@H]2O[C@H](CO)[C@@H](O[C@@H]3O[C@@H](C)[C@@H](O)[C@@H](O)[C@@H]3O)[C@H](O[C@@H]3O[C@H](CO)[C@H](O)[C@H](O)[C@H]3O[C@@H]3O[C@@H](C)[C@@H](O)[C@@H](O)[C@@H]3O)[C@H]2NC(C)=O)[C@@H](O)[C@@H](CO[C@@H]2O[C@H](CO)[C@@H](O[C@@H]3O[C@@H](C)[C@@H](O)[C@@H](O)[C@@H]3O)[C@H](O[C@@H]3O[C@H](CO)[C@H](O)[C@H](O)[C@H]3O[C@@H]3O[C@@H](C)[C@@H](O)[C@@H](O)[C@@H]3O)[C@H]2NC(C)=O)O[C@@H]1O. The average Bonchev–Trinajstić information content (AvgIpc) is 0.761. The minimum Gasteiger partial charge on any atom is -0.394 e. The minimum atomic E-state index is -2.29. The van der Waals surface area contributed by atoms with Crippen molar-refractivity contribution in [1.29, 1.82) is 0 Å². The number of hydrogen-bond acceptors (Lipinski definition) is 42. The van der Waals surface area contributed by atoms with Crippen molar-refractivity contribution in [2.45, 2.75) is 325 Å². The first kappa shape index (κ1) is 85.8. The molecule has 9 aliphatic heterocycles. The molecule has 9 rings (SSSR count). The van der Waals surface area contributed by atoms with Crippen molar-refractivity contribution in [2.75, 3.05) is 33.0 Å². The molecule has 25 N–H and O–H groups in total. The Morgan fingerprint density at radius 3 is 0.886 bits per heavy atom. The number of hydrogen-bond donors (Lipinski definition) is 25. The maximum absolute atomic E-state index is 13.6. The van der Waals surface area contributed by atoms with Gasteiger partial charge in [0.05, 0.1) is 57.5 Å². The summed E-state index contributed by atoms with van der Waals surface area (Å²) < 4.78 is 103. The molecule has 45 atom stereocenters. The highest BCUT2D eigenvalue weighted by Crippen LogP contribution is 2.41. The third kappa shape index (κ3) is 18.7. The summed E-state index contributed by atoms with van der Waals surface area (Å²) >= 11 is 0. The Balaban J connectivity index is 1.07. The Morgan fingerprint density at radius 2 is 0.552 bits per heavy atom. The number of amides is 3. The third-order valence-corrected chi connectivity index (χ3v) is 19.8. The fourth-order valence-electron chi connectivity index (χ4n) is 13.8. The summed E-state index contributed by atoms with van der Waals surface area (Å²) in [6.45, 7) is 2.51. The van der Waals surface area contributed by atoms with Crippen molar-refractivity contribution in [2.24, 2.45) is 0 Å². The van der Waals surface area contributed by atoms with E-state index in [2.05, 4.69) is 16.0 Å². The zero-order valence-corrected chi connectivity index (χ0v) is 57.5. The summed E-state index contributed by atoms with van der Waals surface area (Å²) in [6, 6.07) is -5.83. The predicted octanol–water partition coefficient (Wildman–Crippen LogP) is -16.1. The number of carbonyl (C=O) groups is 3. The van der Waals surface area contributed by atoms with Crippen LogP contribution in [0.5, 0.6) is 0 Å². The second-order valence-corrected chi connectivity index (χ2v) is 27.4. The van der Waals surface area contributed by atoms with E-state index in [0.29, 0.717) is 0 Å². The number of aliphatic hydroxyl groups is 22. The Bertz CT molecular complexity index is 2770. The molecule has 45 nitrogen and oxygen atoms in total. The molecular weight excluding hydrogens is 1430 g/mol. The molecule has 105 heavy (non-hydrogen) atoms. The van der Waals surface area contributed by atoms with Gasteiger partial charge >= 0.3 is 0 Å². The van der Waals surface area contributed by atoms with Gasteiger partial charge in [0, 0.05) is 20.8 Å². The first-order chi connectivity index (χ1) is 49.5. The molecule has 0 aromatic carbocycles. The van der Waals surface area contributed by atoms with Gasteiger partial charge in [-0.15, -0.1) is 0 Å². The fraction of sp³-hybridized carbons (Fsp3) is 0.950. The van der Waals surface area contributed by atoms with Gasteiger partial charge in [0.1, 0.15) is 195 Å². The maximum Gasteiger partial charge on any atom is 0.217 e. The largest absolute Gasteiger partial charge is 0.394 e. The van der Waals surface area contributed by atoms with Crippen LogP contribution in [0.15, 0.2) is 0 Å². The molecule has 0 aliphatic carbocycles. The highest BCUT2D eigenvalue weighted by Gasteiger charge is 2.61. The van der Waals surface area contributed by atoms with E-state index in [1.807, 2.05) is 0 Å². The number of aliphatic hydroxyl groups excluding tert-OH is 22. The van der Waals surface area contributed by atoms with Crippen LogP contribution in [0.1, 0.15) is 48.5 Å². The predicted molar refractivity (Wildman–Crippen MR) is 326 cm³/mol. The van der Waals surface area contributed by atoms with Gasteiger partial charge in [-0.3, -0.25) is 14.4 Å². The molecule has 45 heteroatoms. The van der Waals surface area contributed by atoms with Crippen LogP contribution in [0.2, 0.25) is 0 Å². The van der Waals surface area contributed by atoms with E-state index in [-0.39, 0.29) is 0 Å². The fourth-order valence-corrected chi connectivity index (χ4v) is 13.8. The lowest BCUT2D eigenvalue weighted by Gasteiger charge is -2.52. The quantitative estimate of drug-likeness (QED) is 0.0427. The second-order valence-electron chi connectivity index (χ2n) is 27.4. The Hall–Kier alpha value is -3.15. The Labute approximate surface area is 597 Å². The van der Waals surface area contributed by atoms with Crippen molar-refractivity contribution in [3.05, 3.63) is 0 Å². The zero-order chi connectivity index (χ0) is 77.4. The van der Waals surface area contributed by atoms with Crippen LogP contribution in [-0.4, -0.2) is 439 Å². The van der Waals surface area contributed by atoms with Crippen LogP contribution in [0.25, 0.3) is 0 Å². The molecule has 9 aliphatic rings. The first-order valence-electron chi connectivity index (χ1n) is 34.1. The summed E-state index contributed by atoms with van der Waals surface area (Å²) in [5.74, 6) is -2.85. The van der Waals surface area contributed by atoms with Crippen molar-refractivity contribution in [3.63, 3.8) is 0 Å². The molecule has 608 valence electrons. The van der Waals surface area contributed by atoms with E-state index in [0.717, 1.165) is 20.8 Å². The van der Waals surface area contributed by atoms with Gasteiger partial charge in [0.15, 0.2) is 56.6 Å². The van der Waals surface area contributed by atoms with Crippen LogP contribution in [-0.2, 0) is 94.9 Å². The average molecular weight is 1540 g/mol. The van der Waals surface area contributed by atoms with Crippen molar-refractivity contribution in [3.8, 4) is 0 Å². The minimum absolute atomic E-state index is 0.923. The van der Waals surface area contributed by atoms with Crippen LogP contribution < -0.4 is 16.0 Å². The van der Waals surface area contributed by atoms with E-state index in [4.69, 9.17) is 80.5 Å². The third-order valence-electron chi connectivity index (χ3n) is 19.8. The van der Waals surface area contributed by atoms with Gasteiger partial charge in [0.2, 0.25) is 17.7 Å². The summed E-state index contributed by atoms with van der Waals surface area (Å²) in [6.07, 6.45) is -81.5. The Morgan fingerprint density at radius 1 is 0.267 bits per heavy atom. The van der Waals surface area contributed by atoms with Crippen LogP contribution in [0, 0.1) is 0 Å². The molecule has 0 spiro atoms. The monoisotopic (exact) mass is 1540 g/mol. The number of carbonyl (C=O) groups excluding carboxylic acids is 3. The van der Waals surface area contributed by atoms with Crippen LogP contribution in [0.4, 0.5) is 0 Å². The van der Waals surface area contributed by atoms with Gasteiger partial charge in [0.25, 0.3) is 0 Å². The number of nitrogens with one attached hydrogen (secondary N) is 3. The standard InChI is InChI=1S/C60H101N3O42/c1-13-28(71)35(78)41(84)55(90-13)99-45-22(10-66)97-53(26(62-18(6)69)48(45)102-59-50(39(82)32(75)20(8-64)95-59)104-57-43(86)37(80)30(73)15(3)92-57)89-12-24-34(77)47(25(52(88)94-24)61-17(5)68)101-54-27(63-19(7)70)49(46(23(11-67)98-54)100-56-42(85)36(79)29(72)14(2)91-56)103-60-51(40(83)33(76)21(9-65)96-60)105-58-44(87)38(81)31(74)16(4)93-58/h13-16,20-60,64-67,71-88H,8-12H2,1-7H3,(H,61,68)(H,62,69)(H,63,70)/t13-,14-,15-,16-,20+,21+,22+,23+,24+,25+,26+,27+,28+,29+,30+,31+,32-,33-,34-,35+,36+,37+,38+,39-,40-,41-,42-,43-,44-,45+,46+,47+,48+,49+,50+,51+,52-,53+,54-,55-,56-,57-,58-,59-,60-/m0/s1. The van der Waals surface area contributed by atoms with Gasteiger partial charge < -0.3 is 209 Å². The molecule has 9 saturated heterocycles. The van der Waals surface area contributed by atoms with Gasteiger partial charge in [-0.25, -0.2) is 0 Å². The first-order valence-corrected chi connectivity index (χ1v) is 34.1. The molecule has 9 fully saturated rings. The van der Waals surface area contributed by atoms with E-state index >= 15 is 0 Å². The highest BCUT2D eigenvalue weighted by atomic mass is 16.8. The normalized spacial score (nSPS) is 51.5. The second kappa shape index (κ2) is 36.6. The zero-order valence-electron chi connectivity index (χ0n) is 57.5. The van der Waals surface area contributed by atoms with E-state index in [1.54, 1.807) is 0 Å². The lowest BCUT2D eigenvalue weighted by atomic mass is 9.93. The maximum atomic E-state index is 13.6. The smallest absolute Gasteiger partial charge is 0.217 e.